The summed E-state index contributed by atoms with van der Waals surface area (Å²) in [7, 11) is 0. The van der Waals surface area contributed by atoms with Crippen LogP contribution in [0.25, 0.3) is 0 Å². The van der Waals surface area contributed by atoms with Crippen molar-refractivity contribution in [2.75, 3.05) is 6.61 Å². The molecule has 0 radical (unpaired) electrons. The number of esters is 1. The molecule has 11 heteroatoms. The van der Waals surface area contributed by atoms with Gasteiger partial charge in [0.25, 0.3) is 0 Å². The minimum atomic E-state index is -2.40. The third kappa shape index (κ3) is 4.56. The van der Waals surface area contributed by atoms with E-state index in [1.165, 1.54) is 24.3 Å². The summed E-state index contributed by atoms with van der Waals surface area (Å²) in [6.45, 7) is -1.18. The van der Waals surface area contributed by atoms with Crippen molar-refractivity contribution in [3.05, 3.63) is 35.9 Å². The van der Waals surface area contributed by atoms with E-state index in [9.17, 15) is 40.2 Å². The van der Waals surface area contributed by atoms with Crippen molar-refractivity contribution >= 4 is 11.8 Å². The van der Waals surface area contributed by atoms with Gasteiger partial charge >= 0.3 is 5.97 Å². The third-order valence-corrected chi connectivity index (χ3v) is 5.15. The number of carbonyl (C=O) groups excluding carboxylic acids is 2. The van der Waals surface area contributed by atoms with Crippen LogP contribution in [0.3, 0.4) is 0 Å². The summed E-state index contributed by atoms with van der Waals surface area (Å²) < 4.78 is 15.8. The summed E-state index contributed by atoms with van der Waals surface area (Å²) in [5.74, 6) is -2.58. The molecule has 1 aromatic rings. The number of rotatable bonds is 6. The molecule has 0 amide bonds. The Kier molecular flexibility index (Phi) is 6.94. The quantitative estimate of drug-likeness (QED) is 0.168. The smallest absolute Gasteiger partial charge is 0.350 e. The molecule has 6 N–H and O–H groups in total. The van der Waals surface area contributed by atoms with E-state index in [0.717, 1.165) is 6.08 Å². The number of Topliss-reactive ketones (excluding diaryl/α,β-unsaturated/α-hetero) is 1. The van der Waals surface area contributed by atoms with Crippen LogP contribution in [0, 0.1) is 0 Å². The Balaban J connectivity index is 1.76. The number of allylic oxidation sites excluding steroid dienone is 1. The summed E-state index contributed by atoms with van der Waals surface area (Å²) in [6, 6.07) is 4.07. The van der Waals surface area contributed by atoms with Crippen LogP contribution >= 0.6 is 0 Å². The lowest BCUT2D eigenvalue weighted by molar-refractivity contribution is -0.277. The van der Waals surface area contributed by atoms with Crippen LogP contribution < -0.4 is 4.74 Å². The SMILES string of the molecule is O=C1CCC=C[C@]1(O)C(=O)OCc1cccc(O)c1O[C@@H]1O[C@@H](CO)[C@@H](O)[C@@H](O)[C@@H]1O. The Hall–Kier alpha value is -2.54. The van der Waals surface area contributed by atoms with Crippen molar-refractivity contribution in [1.29, 1.82) is 0 Å². The molecular formula is C20H24O11. The highest BCUT2D eigenvalue weighted by Crippen LogP contribution is 2.34. The standard InChI is InChI=1S/C20H24O11/c21-8-12-14(24)15(25)16(26)18(30-12)31-17-10(4-3-5-11(17)22)9-29-19(27)20(28)7-2-1-6-13(20)23/h2-5,7,12,14-16,18,21-22,24-26,28H,1,6,8-9H2/t12-,14+,15+,16-,18-,20+/m0/s1. The molecule has 1 aromatic carbocycles. The second kappa shape index (κ2) is 9.30. The number of ketones is 1. The van der Waals surface area contributed by atoms with Crippen LogP contribution in [-0.4, -0.2) is 85.3 Å². The van der Waals surface area contributed by atoms with Gasteiger partial charge in [-0.15, -0.1) is 0 Å². The number of phenolic OH excluding ortho intramolecular Hbond substituents is 1. The summed E-state index contributed by atoms with van der Waals surface area (Å²) in [6.07, 6.45) is -4.87. The molecule has 170 valence electrons. The van der Waals surface area contributed by atoms with Crippen molar-refractivity contribution in [3.63, 3.8) is 0 Å². The van der Waals surface area contributed by atoms with Gasteiger partial charge in [-0.3, -0.25) is 4.79 Å². The second-order valence-corrected chi connectivity index (χ2v) is 7.29. The molecule has 0 aromatic heterocycles. The predicted molar refractivity (Wildman–Crippen MR) is 101 cm³/mol. The van der Waals surface area contributed by atoms with Gasteiger partial charge in [-0.25, -0.2) is 4.79 Å². The lowest BCUT2D eigenvalue weighted by Crippen LogP contribution is -2.60. The van der Waals surface area contributed by atoms with Gasteiger partial charge in [0, 0.05) is 12.0 Å². The molecule has 0 spiro atoms. The molecule has 1 aliphatic heterocycles. The molecule has 31 heavy (non-hydrogen) atoms. The van der Waals surface area contributed by atoms with Crippen molar-refractivity contribution in [2.24, 2.45) is 0 Å². The lowest BCUT2D eigenvalue weighted by atomic mass is 9.90. The zero-order valence-corrected chi connectivity index (χ0v) is 16.3. The largest absolute Gasteiger partial charge is 0.504 e. The molecule has 1 fully saturated rings. The normalized spacial score (nSPS) is 33.2. The van der Waals surface area contributed by atoms with Crippen molar-refractivity contribution in [2.45, 2.75) is 55.8 Å². The molecule has 1 saturated heterocycles. The minimum absolute atomic E-state index is 0.0142. The van der Waals surface area contributed by atoms with Gasteiger partial charge in [-0.2, -0.15) is 0 Å². The van der Waals surface area contributed by atoms with Gasteiger partial charge in [0.1, 0.15) is 31.0 Å². The van der Waals surface area contributed by atoms with Crippen molar-refractivity contribution in [1.82, 2.24) is 0 Å². The average molecular weight is 440 g/mol. The molecule has 0 bridgehead atoms. The van der Waals surface area contributed by atoms with Gasteiger partial charge in [0.05, 0.1) is 6.61 Å². The monoisotopic (exact) mass is 440 g/mol. The second-order valence-electron chi connectivity index (χ2n) is 7.29. The summed E-state index contributed by atoms with van der Waals surface area (Å²) in [5, 5.41) is 59.6. The maximum Gasteiger partial charge on any atom is 0.350 e. The number of benzene rings is 1. The van der Waals surface area contributed by atoms with Gasteiger partial charge in [-0.1, -0.05) is 18.2 Å². The van der Waals surface area contributed by atoms with E-state index < -0.39 is 67.0 Å². The van der Waals surface area contributed by atoms with Crippen molar-refractivity contribution < 1.29 is 54.4 Å². The maximum absolute atomic E-state index is 12.3. The number of para-hydroxylation sites is 1. The van der Waals surface area contributed by atoms with E-state index in [1.807, 2.05) is 0 Å². The Bertz CT molecular complexity index is 852. The number of aromatic hydroxyl groups is 1. The molecule has 0 saturated carbocycles. The highest BCUT2D eigenvalue weighted by Gasteiger charge is 2.46. The minimum Gasteiger partial charge on any atom is -0.504 e. The van der Waals surface area contributed by atoms with E-state index in [2.05, 4.69) is 0 Å². The summed E-state index contributed by atoms with van der Waals surface area (Å²) in [5.41, 5.74) is -2.30. The molecule has 6 atom stereocenters. The fourth-order valence-electron chi connectivity index (χ4n) is 3.29. The fraction of sp³-hybridized carbons (Fsp3) is 0.500. The van der Waals surface area contributed by atoms with Crippen LogP contribution in [0.4, 0.5) is 0 Å². The van der Waals surface area contributed by atoms with Crippen LogP contribution in [0.2, 0.25) is 0 Å². The zero-order chi connectivity index (χ0) is 22.8. The van der Waals surface area contributed by atoms with E-state index in [1.54, 1.807) is 0 Å². The first-order valence-corrected chi connectivity index (χ1v) is 9.57. The number of phenols is 1. The molecule has 3 rings (SSSR count). The highest BCUT2D eigenvalue weighted by atomic mass is 16.7. The first-order chi connectivity index (χ1) is 14.7. The average Bonchev–Trinajstić information content (AvgIpc) is 2.76. The van der Waals surface area contributed by atoms with Gasteiger partial charge < -0.3 is 44.8 Å². The Morgan fingerprint density at radius 2 is 1.94 bits per heavy atom. The summed E-state index contributed by atoms with van der Waals surface area (Å²) >= 11 is 0. The van der Waals surface area contributed by atoms with Crippen LogP contribution in [0.1, 0.15) is 18.4 Å². The molecular weight excluding hydrogens is 416 g/mol. The van der Waals surface area contributed by atoms with Crippen molar-refractivity contribution in [3.8, 4) is 11.5 Å². The Labute approximate surface area is 176 Å². The zero-order valence-electron chi connectivity index (χ0n) is 16.3. The van der Waals surface area contributed by atoms with E-state index >= 15 is 0 Å². The molecule has 2 aliphatic rings. The number of hydrogen-bond donors (Lipinski definition) is 6. The number of hydrogen-bond acceptors (Lipinski definition) is 11. The highest BCUT2D eigenvalue weighted by molar-refractivity contribution is 6.09. The molecule has 0 unspecified atom stereocenters. The number of ether oxygens (including phenoxy) is 3. The van der Waals surface area contributed by atoms with Gasteiger partial charge in [0.15, 0.2) is 17.3 Å². The van der Waals surface area contributed by atoms with Crippen LogP contribution in [-0.2, 0) is 25.7 Å². The fourth-order valence-corrected chi connectivity index (χ4v) is 3.29. The molecule has 11 nitrogen and oxygen atoms in total. The van der Waals surface area contributed by atoms with Gasteiger partial charge in [-0.05, 0) is 18.6 Å². The van der Waals surface area contributed by atoms with Gasteiger partial charge in [0.2, 0.25) is 11.9 Å². The van der Waals surface area contributed by atoms with E-state index in [-0.39, 0.29) is 17.7 Å². The van der Waals surface area contributed by atoms with Crippen LogP contribution in [0.15, 0.2) is 30.4 Å². The van der Waals surface area contributed by atoms with Crippen LogP contribution in [0.5, 0.6) is 11.5 Å². The van der Waals surface area contributed by atoms with E-state index in [4.69, 9.17) is 14.2 Å². The third-order valence-electron chi connectivity index (χ3n) is 5.15. The first kappa shape index (κ1) is 23.1. The predicted octanol–water partition coefficient (Wildman–Crippen LogP) is -1.74. The lowest BCUT2D eigenvalue weighted by Gasteiger charge is -2.39. The number of carbonyl (C=O) groups is 2. The Morgan fingerprint density at radius 3 is 2.61 bits per heavy atom. The first-order valence-electron chi connectivity index (χ1n) is 9.57. The molecule has 1 aliphatic carbocycles. The summed E-state index contributed by atoms with van der Waals surface area (Å²) in [4.78, 5) is 24.2. The Morgan fingerprint density at radius 1 is 1.19 bits per heavy atom. The maximum atomic E-state index is 12.3. The number of aliphatic hydroxyl groups excluding tert-OH is 4. The molecule has 1 heterocycles. The topological polar surface area (TPSA) is 183 Å². The number of aliphatic hydroxyl groups is 5. The van der Waals surface area contributed by atoms with E-state index in [0.29, 0.717) is 6.42 Å².